The Morgan fingerprint density at radius 2 is 1.35 bits per heavy atom. The average molecular weight is 262 g/mol. The Balaban J connectivity index is 3.95. The highest BCUT2D eigenvalue weighted by molar-refractivity contribution is 7.58. The highest BCUT2D eigenvalue weighted by Crippen LogP contribution is 2.48. The van der Waals surface area contributed by atoms with Crippen molar-refractivity contribution in [3.8, 4) is 0 Å². The van der Waals surface area contributed by atoms with Crippen LogP contribution in [0.2, 0.25) is 0 Å². The zero-order valence-corrected chi connectivity index (χ0v) is 12.9. The van der Waals surface area contributed by atoms with Crippen LogP contribution in [0.15, 0.2) is 0 Å². The molecule has 0 N–H and O–H groups in total. The molecular formula is C14H31O2P. The lowest BCUT2D eigenvalue weighted by molar-refractivity contribution is 0.304. The molecule has 3 heteroatoms. The molecule has 0 heterocycles. The predicted molar refractivity (Wildman–Crippen MR) is 77.3 cm³/mol. The van der Waals surface area contributed by atoms with Crippen molar-refractivity contribution in [2.45, 2.75) is 72.1 Å². The van der Waals surface area contributed by atoms with Gasteiger partial charge < -0.3 is 4.52 Å². The van der Waals surface area contributed by atoms with E-state index in [-0.39, 0.29) is 0 Å². The molecule has 0 rings (SSSR count). The van der Waals surface area contributed by atoms with Gasteiger partial charge in [-0.05, 0) is 19.3 Å². The molecule has 104 valence electrons. The normalized spacial score (nSPS) is 14.8. The Hall–Kier alpha value is 0.190. The lowest BCUT2D eigenvalue weighted by Crippen LogP contribution is -2.02. The molecule has 0 saturated heterocycles. The van der Waals surface area contributed by atoms with Crippen LogP contribution < -0.4 is 0 Å². The molecule has 2 nitrogen and oxygen atoms in total. The summed E-state index contributed by atoms with van der Waals surface area (Å²) in [5.41, 5.74) is 0. The molecule has 0 aromatic rings. The number of hydrogen-bond donors (Lipinski definition) is 0. The first-order valence-corrected chi connectivity index (χ1v) is 9.40. The van der Waals surface area contributed by atoms with Crippen LogP contribution >= 0.6 is 7.37 Å². The van der Waals surface area contributed by atoms with Crippen LogP contribution in [-0.2, 0) is 9.09 Å². The van der Waals surface area contributed by atoms with Crippen molar-refractivity contribution in [3.63, 3.8) is 0 Å². The molecule has 1 atom stereocenters. The third-order valence-corrected chi connectivity index (χ3v) is 5.68. The van der Waals surface area contributed by atoms with Crippen LogP contribution in [0.3, 0.4) is 0 Å². The van der Waals surface area contributed by atoms with Crippen molar-refractivity contribution in [3.05, 3.63) is 0 Å². The summed E-state index contributed by atoms with van der Waals surface area (Å²) < 4.78 is 18.3. The van der Waals surface area contributed by atoms with Crippen LogP contribution in [-0.4, -0.2) is 18.9 Å². The standard InChI is InChI=1S/C14H31O2P/c1-4-7-10-11-14-17(15,13-9-6-3)16-12-8-5-2/h4-14H2,1-3H3. The SMILES string of the molecule is CCCCCCP(=O)(CCCC)OCCCC. The van der Waals surface area contributed by atoms with Crippen molar-refractivity contribution in [2.24, 2.45) is 0 Å². The summed E-state index contributed by atoms with van der Waals surface area (Å²) in [6.45, 7) is 7.18. The van der Waals surface area contributed by atoms with Crippen molar-refractivity contribution in [1.82, 2.24) is 0 Å². The van der Waals surface area contributed by atoms with Crippen LogP contribution in [0, 0.1) is 0 Å². The Kier molecular flexibility index (Phi) is 11.4. The molecule has 1 unspecified atom stereocenters. The van der Waals surface area contributed by atoms with Gasteiger partial charge >= 0.3 is 0 Å². The summed E-state index contributed by atoms with van der Waals surface area (Å²) in [5.74, 6) is 0. The second-order valence-electron chi connectivity index (χ2n) is 4.86. The molecule has 0 amide bonds. The van der Waals surface area contributed by atoms with Crippen molar-refractivity contribution in [2.75, 3.05) is 18.9 Å². The third-order valence-electron chi connectivity index (χ3n) is 3.03. The fourth-order valence-electron chi connectivity index (χ4n) is 1.79. The maximum absolute atomic E-state index is 12.6. The van der Waals surface area contributed by atoms with Crippen LogP contribution in [0.25, 0.3) is 0 Å². The predicted octanol–water partition coefficient (Wildman–Crippen LogP) is 5.46. The largest absolute Gasteiger partial charge is 0.328 e. The highest BCUT2D eigenvalue weighted by atomic mass is 31.2. The van der Waals surface area contributed by atoms with E-state index >= 15 is 0 Å². The fourth-order valence-corrected chi connectivity index (χ4v) is 4.24. The third kappa shape index (κ3) is 9.85. The minimum Gasteiger partial charge on any atom is -0.328 e. The molecule has 0 fully saturated rings. The first kappa shape index (κ1) is 17.2. The van der Waals surface area contributed by atoms with E-state index in [1.807, 2.05) is 0 Å². The van der Waals surface area contributed by atoms with Crippen molar-refractivity contribution in [1.29, 1.82) is 0 Å². The second kappa shape index (κ2) is 11.3. The van der Waals surface area contributed by atoms with E-state index in [1.165, 1.54) is 19.3 Å². The van der Waals surface area contributed by atoms with Gasteiger partial charge in [-0.2, -0.15) is 0 Å². The molecule has 0 aromatic heterocycles. The monoisotopic (exact) mass is 262 g/mol. The number of unbranched alkanes of at least 4 members (excludes halogenated alkanes) is 5. The van der Waals surface area contributed by atoms with E-state index in [4.69, 9.17) is 4.52 Å². The van der Waals surface area contributed by atoms with E-state index in [9.17, 15) is 4.57 Å². The maximum Gasteiger partial charge on any atom is 0.203 e. The van der Waals surface area contributed by atoms with E-state index in [0.29, 0.717) is 6.61 Å². The lowest BCUT2D eigenvalue weighted by Gasteiger charge is -2.18. The summed E-state index contributed by atoms with van der Waals surface area (Å²) in [5, 5.41) is 0. The van der Waals surface area contributed by atoms with E-state index in [1.54, 1.807) is 0 Å². The molecular weight excluding hydrogens is 231 g/mol. The maximum atomic E-state index is 12.6. The summed E-state index contributed by atoms with van der Waals surface area (Å²) in [4.78, 5) is 0. The van der Waals surface area contributed by atoms with Gasteiger partial charge in [0.05, 0.1) is 6.61 Å². The number of hydrogen-bond acceptors (Lipinski definition) is 2. The van der Waals surface area contributed by atoms with Gasteiger partial charge in [0.15, 0.2) is 0 Å². The van der Waals surface area contributed by atoms with Crippen LogP contribution in [0.5, 0.6) is 0 Å². The van der Waals surface area contributed by atoms with Gasteiger partial charge in [-0.15, -0.1) is 0 Å². The molecule has 0 saturated carbocycles. The molecule has 0 bridgehead atoms. The van der Waals surface area contributed by atoms with Gasteiger partial charge in [0.2, 0.25) is 7.37 Å². The van der Waals surface area contributed by atoms with Gasteiger partial charge in [0.1, 0.15) is 0 Å². The zero-order valence-electron chi connectivity index (χ0n) is 12.0. The Morgan fingerprint density at radius 3 is 1.94 bits per heavy atom. The number of rotatable bonds is 12. The fraction of sp³-hybridized carbons (Fsp3) is 1.00. The lowest BCUT2D eigenvalue weighted by atomic mass is 10.2. The minimum atomic E-state index is -2.31. The highest BCUT2D eigenvalue weighted by Gasteiger charge is 2.21. The van der Waals surface area contributed by atoms with E-state index in [0.717, 1.165) is 44.4 Å². The van der Waals surface area contributed by atoms with Crippen LogP contribution in [0.1, 0.15) is 72.1 Å². The molecule has 0 aliphatic carbocycles. The topological polar surface area (TPSA) is 26.3 Å². The first-order valence-electron chi connectivity index (χ1n) is 7.41. The first-order chi connectivity index (χ1) is 8.18. The van der Waals surface area contributed by atoms with Gasteiger partial charge in [-0.1, -0.05) is 52.9 Å². The summed E-state index contributed by atoms with van der Waals surface area (Å²) in [7, 11) is -2.31. The quantitative estimate of drug-likeness (QED) is 0.345. The van der Waals surface area contributed by atoms with Crippen molar-refractivity contribution < 1.29 is 9.09 Å². The van der Waals surface area contributed by atoms with Crippen LogP contribution in [0.4, 0.5) is 0 Å². The zero-order chi connectivity index (χ0) is 13.0. The second-order valence-corrected chi connectivity index (χ2v) is 7.64. The van der Waals surface area contributed by atoms with E-state index < -0.39 is 7.37 Å². The van der Waals surface area contributed by atoms with Gasteiger partial charge in [-0.3, -0.25) is 4.57 Å². The summed E-state index contributed by atoms with van der Waals surface area (Å²) in [6, 6.07) is 0. The average Bonchev–Trinajstić information content (AvgIpc) is 2.33. The van der Waals surface area contributed by atoms with Gasteiger partial charge in [-0.25, -0.2) is 0 Å². The smallest absolute Gasteiger partial charge is 0.203 e. The Bertz CT molecular complexity index is 204. The minimum absolute atomic E-state index is 0.686. The molecule has 0 radical (unpaired) electrons. The molecule has 0 aliphatic rings. The van der Waals surface area contributed by atoms with E-state index in [2.05, 4.69) is 20.8 Å². The summed E-state index contributed by atoms with van der Waals surface area (Å²) >= 11 is 0. The molecule has 17 heavy (non-hydrogen) atoms. The van der Waals surface area contributed by atoms with Gasteiger partial charge in [0, 0.05) is 12.3 Å². The molecule has 0 aromatic carbocycles. The Morgan fingerprint density at radius 1 is 0.765 bits per heavy atom. The molecule has 0 aliphatic heterocycles. The summed E-state index contributed by atoms with van der Waals surface area (Å²) in [6.07, 6.45) is 10.6. The Labute approximate surface area is 108 Å². The van der Waals surface area contributed by atoms with Gasteiger partial charge in [0.25, 0.3) is 0 Å². The molecule has 0 spiro atoms. The van der Waals surface area contributed by atoms with Crippen molar-refractivity contribution >= 4 is 7.37 Å².